The highest BCUT2D eigenvalue weighted by Crippen LogP contribution is 2.46. The molecule has 1 aromatic heterocycles. The standard InChI is InChI=1S/C35H38N2O6S/c1-5-8-9-19-43-27-17-13-24(21-28(27)41-7-3)31-30(32(38)23-11-14-25(15-12-23)42-18-6-2)33(39)34(40)37(31)35-36-26-16-10-22(4)20-29(26)44-35/h10-17,20-21,31,38H,5-9,18-19H2,1-4H3/b32-30+. The number of carbonyl (C=O) groups is 2. The number of hydrogen-bond donors (Lipinski definition) is 1. The molecule has 1 saturated heterocycles. The van der Waals surface area contributed by atoms with Gasteiger partial charge in [-0.2, -0.15) is 0 Å². The molecule has 0 saturated carbocycles. The van der Waals surface area contributed by atoms with Crippen LogP contribution < -0.4 is 19.1 Å². The van der Waals surface area contributed by atoms with Gasteiger partial charge in [-0.25, -0.2) is 4.98 Å². The number of carbonyl (C=O) groups excluding carboxylic acids is 2. The number of hydrogen-bond acceptors (Lipinski definition) is 8. The van der Waals surface area contributed by atoms with Crippen LogP contribution in [0.25, 0.3) is 16.0 Å². The number of aryl methyl sites for hydroxylation is 1. The second-order valence-electron chi connectivity index (χ2n) is 10.7. The molecule has 0 aliphatic carbocycles. The van der Waals surface area contributed by atoms with Crippen molar-refractivity contribution >= 4 is 44.1 Å². The SMILES string of the molecule is CCCCCOc1ccc(C2/C(=C(\O)c3ccc(OCCC)cc3)C(=O)C(=O)N2c2nc3ccc(C)cc3s2)cc1OCC. The van der Waals surface area contributed by atoms with Crippen molar-refractivity contribution in [1.29, 1.82) is 0 Å². The van der Waals surface area contributed by atoms with Gasteiger partial charge in [-0.3, -0.25) is 14.5 Å². The molecule has 44 heavy (non-hydrogen) atoms. The highest BCUT2D eigenvalue weighted by molar-refractivity contribution is 7.22. The molecule has 1 atom stereocenters. The van der Waals surface area contributed by atoms with E-state index in [0.717, 1.165) is 41.5 Å². The van der Waals surface area contributed by atoms with Crippen LogP contribution >= 0.6 is 11.3 Å². The number of amides is 1. The molecule has 1 unspecified atom stereocenters. The Labute approximate surface area is 261 Å². The van der Waals surface area contributed by atoms with E-state index >= 15 is 0 Å². The topological polar surface area (TPSA) is 98.2 Å². The lowest BCUT2D eigenvalue weighted by Gasteiger charge is -2.24. The molecule has 2 heterocycles. The molecular weight excluding hydrogens is 576 g/mol. The Hall–Kier alpha value is -4.37. The minimum absolute atomic E-state index is 0.0216. The summed E-state index contributed by atoms with van der Waals surface area (Å²) in [5.41, 5.74) is 2.76. The van der Waals surface area contributed by atoms with E-state index in [1.54, 1.807) is 36.4 Å². The smallest absolute Gasteiger partial charge is 0.301 e. The molecule has 0 bridgehead atoms. The van der Waals surface area contributed by atoms with E-state index in [2.05, 4.69) is 6.92 Å². The molecule has 1 aliphatic heterocycles. The molecule has 5 rings (SSSR count). The van der Waals surface area contributed by atoms with Gasteiger partial charge in [-0.05, 0) is 86.3 Å². The van der Waals surface area contributed by atoms with Gasteiger partial charge in [0.05, 0.1) is 41.7 Å². The number of aliphatic hydroxyl groups is 1. The summed E-state index contributed by atoms with van der Waals surface area (Å²) in [6.07, 6.45) is 3.93. The fraction of sp³-hybridized carbons (Fsp3) is 0.343. The van der Waals surface area contributed by atoms with E-state index in [9.17, 15) is 14.7 Å². The van der Waals surface area contributed by atoms with Crippen LogP contribution in [-0.4, -0.2) is 41.6 Å². The fourth-order valence-corrected chi connectivity index (χ4v) is 6.26. The van der Waals surface area contributed by atoms with Crippen molar-refractivity contribution in [3.63, 3.8) is 0 Å². The number of rotatable bonds is 13. The van der Waals surface area contributed by atoms with Crippen LogP contribution in [0.15, 0.2) is 66.2 Å². The molecule has 1 N–H and O–H groups in total. The number of Topliss-reactive ketones (excluding diaryl/α,β-unsaturated/α-hetero) is 1. The number of nitrogens with zero attached hydrogens (tertiary/aromatic N) is 2. The number of ether oxygens (including phenoxy) is 3. The Morgan fingerprint density at radius 1 is 0.886 bits per heavy atom. The van der Waals surface area contributed by atoms with Gasteiger partial charge < -0.3 is 19.3 Å². The highest BCUT2D eigenvalue weighted by atomic mass is 32.1. The van der Waals surface area contributed by atoms with Crippen molar-refractivity contribution in [2.75, 3.05) is 24.7 Å². The average Bonchev–Trinajstić information content (AvgIpc) is 3.56. The van der Waals surface area contributed by atoms with Gasteiger partial charge in [0.1, 0.15) is 11.5 Å². The molecule has 9 heteroatoms. The normalized spacial score (nSPS) is 16.1. The van der Waals surface area contributed by atoms with Crippen LogP contribution in [0.3, 0.4) is 0 Å². The monoisotopic (exact) mass is 614 g/mol. The van der Waals surface area contributed by atoms with E-state index in [0.29, 0.717) is 53.3 Å². The van der Waals surface area contributed by atoms with Gasteiger partial charge in [0.15, 0.2) is 16.6 Å². The summed E-state index contributed by atoms with van der Waals surface area (Å²) in [6, 6.07) is 17.2. The van der Waals surface area contributed by atoms with Crippen LogP contribution in [0.5, 0.6) is 17.2 Å². The van der Waals surface area contributed by atoms with Crippen molar-refractivity contribution in [3.05, 3.63) is 82.9 Å². The van der Waals surface area contributed by atoms with Crippen molar-refractivity contribution < 1.29 is 28.9 Å². The van der Waals surface area contributed by atoms with E-state index in [-0.39, 0.29) is 11.3 Å². The van der Waals surface area contributed by atoms with E-state index in [1.165, 1.54) is 16.2 Å². The molecular formula is C35H38N2O6S. The molecule has 1 aliphatic rings. The van der Waals surface area contributed by atoms with Gasteiger partial charge >= 0.3 is 5.91 Å². The first-order chi connectivity index (χ1) is 21.4. The predicted molar refractivity (Wildman–Crippen MR) is 174 cm³/mol. The van der Waals surface area contributed by atoms with E-state index in [4.69, 9.17) is 19.2 Å². The Balaban J connectivity index is 1.63. The molecule has 230 valence electrons. The minimum Gasteiger partial charge on any atom is -0.507 e. The second kappa shape index (κ2) is 13.9. The molecule has 0 radical (unpaired) electrons. The van der Waals surface area contributed by atoms with Crippen molar-refractivity contribution in [2.45, 2.75) is 59.4 Å². The number of thiazole rings is 1. The number of unbranched alkanes of at least 4 members (excludes halogenated alkanes) is 2. The molecule has 1 amide bonds. The molecule has 8 nitrogen and oxygen atoms in total. The highest BCUT2D eigenvalue weighted by Gasteiger charge is 2.48. The Kier molecular flexibility index (Phi) is 9.85. The Morgan fingerprint density at radius 3 is 2.41 bits per heavy atom. The van der Waals surface area contributed by atoms with Gasteiger partial charge in [0.25, 0.3) is 5.78 Å². The number of anilines is 1. The van der Waals surface area contributed by atoms with Crippen LogP contribution in [0.4, 0.5) is 5.13 Å². The largest absolute Gasteiger partial charge is 0.507 e. The van der Waals surface area contributed by atoms with Crippen molar-refractivity contribution in [3.8, 4) is 17.2 Å². The van der Waals surface area contributed by atoms with Crippen LogP contribution in [0.1, 0.15) is 69.2 Å². The maximum atomic E-state index is 13.8. The number of benzene rings is 3. The summed E-state index contributed by atoms with van der Waals surface area (Å²) in [5.74, 6) is -0.0693. The number of fused-ring (bicyclic) bond motifs is 1. The maximum absolute atomic E-state index is 13.8. The molecule has 0 spiro atoms. The van der Waals surface area contributed by atoms with Gasteiger partial charge in [0.2, 0.25) is 0 Å². The second-order valence-corrected chi connectivity index (χ2v) is 11.7. The minimum atomic E-state index is -0.943. The first-order valence-electron chi connectivity index (χ1n) is 15.2. The third kappa shape index (κ3) is 6.43. The first-order valence-corrected chi connectivity index (χ1v) is 16.0. The summed E-state index contributed by atoms with van der Waals surface area (Å²) in [5, 5.41) is 12.0. The van der Waals surface area contributed by atoms with E-state index in [1.807, 2.05) is 45.0 Å². The third-order valence-electron chi connectivity index (χ3n) is 7.37. The lowest BCUT2D eigenvalue weighted by atomic mass is 9.95. The summed E-state index contributed by atoms with van der Waals surface area (Å²) in [4.78, 5) is 33.6. The lowest BCUT2D eigenvalue weighted by molar-refractivity contribution is -0.132. The lowest BCUT2D eigenvalue weighted by Crippen LogP contribution is -2.29. The molecule has 1 fully saturated rings. The first kappa shape index (κ1) is 31.1. The van der Waals surface area contributed by atoms with E-state index < -0.39 is 17.7 Å². The summed E-state index contributed by atoms with van der Waals surface area (Å²) >= 11 is 1.33. The van der Waals surface area contributed by atoms with Gasteiger partial charge in [-0.1, -0.05) is 50.2 Å². The molecule has 3 aromatic carbocycles. The predicted octanol–water partition coefficient (Wildman–Crippen LogP) is 7.99. The average molecular weight is 615 g/mol. The zero-order valence-electron chi connectivity index (χ0n) is 25.6. The maximum Gasteiger partial charge on any atom is 0.301 e. The van der Waals surface area contributed by atoms with Crippen LogP contribution in [0.2, 0.25) is 0 Å². The fourth-order valence-electron chi connectivity index (χ4n) is 5.17. The Bertz CT molecular complexity index is 1680. The summed E-state index contributed by atoms with van der Waals surface area (Å²) in [6.45, 7) is 9.55. The number of aromatic nitrogens is 1. The quantitative estimate of drug-likeness (QED) is 0.0705. The number of ketones is 1. The van der Waals surface area contributed by atoms with Crippen LogP contribution in [-0.2, 0) is 9.59 Å². The zero-order chi connectivity index (χ0) is 31.2. The van der Waals surface area contributed by atoms with Crippen LogP contribution in [0, 0.1) is 6.92 Å². The van der Waals surface area contributed by atoms with Gasteiger partial charge in [0, 0.05) is 5.56 Å². The van der Waals surface area contributed by atoms with Crippen molar-refractivity contribution in [2.24, 2.45) is 0 Å². The van der Waals surface area contributed by atoms with Crippen molar-refractivity contribution in [1.82, 2.24) is 4.98 Å². The number of aliphatic hydroxyl groups excluding tert-OH is 1. The summed E-state index contributed by atoms with van der Waals surface area (Å²) < 4.78 is 18.6. The molecule has 4 aromatic rings. The third-order valence-corrected chi connectivity index (χ3v) is 8.39. The Morgan fingerprint density at radius 2 is 1.68 bits per heavy atom. The zero-order valence-corrected chi connectivity index (χ0v) is 26.4. The summed E-state index contributed by atoms with van der Waals surface area (Å²) in [7, 11) is 0. The van der Waals surface area contributed by atoms with Gasteiger partial charge in [-0.15, -0.1) is 0 Å².